The molecule has 4 N–H and O–H groups in total. The Labute approximate surface area is 109 Å². The van der Waals surface area contributed by atoms with Crippen molar-refractivity contribution < 1.29 is 19.9 Å². The summed E-state index contributed by atoms with van der Waals surface area (Å²) in [6, 6.07) is 3.73. The maximum absolute atomic E-state index is 11.1. The van der Waals surface area contributed by atoms with E-state index < -0.39 is 10.8 Å². The lowest BCUT2D eigenvalue weighted by Gasteiger charge is -2.22. The number of amides is 1. The van der Waals surface area contributed by atoms with Crippen molar-refractivity contribution in [3.63, 3.8) is 0 Å². The molecule has 0 spiro atoms. The topological polar surface area (TPSA) is 130 Å². The number of nitro groups is 1. The lowest BCUT2D eigenvalue weighted by Crippen LogP contribution is -2.30. The highest BCUT2D eigenvalue weighted by atomic mass is 16.6. The van der Waals surface area contributed by atoms with Gasteiger partial charge in [0.05, 0.1) is 18.1 Å². The smallest absolute Gasteiger partial charge is 0.292 e. The van der Waals surface area contributed by atoms with Gasteiger partial charge in [0.1, 0.15) is 5.69 Å². The molecule has 0 atom stereocenters. The van der Waals surface area contributed by atoms with Gasteiger partial charge < -0.3 is 20.8 Å². The van der Waals surface area contributed by atoms with Crippen molar-refractivity contribution in [2.45, 2.75) is 0 Å². The Morgan fingerprint density at radius 3 is 2.32 bits per heavy atom. The summed E-state index contributed by atoms with van der Waals surface area (Å²) in [7, 11) is 0. The molecular formula is C11H15N3O5. The van der Waals surface area contributed by atoms with Crippen molar-refractivity contribution in [1.29, 1.82) is 0 Å². The summed E-state index contributed by atoms with van der Waals surface area (Å²) in [4.78, 5) is 22.9. The molecule has 19 heavy (non-hydrogen) atoms. The second-order valence-corrected chi connectivity index (χ2v) is 3.76. The molecule has 0 unspecified atom stereocenters. The lowest BCUT2D eigenvalue weighted by molar-refractivity contribution is -0.384. The van der Waals surface area contributed by atoms with Gasteiger partial charge in [-0.2, -0.15) is 0 Å². The van der Waals surface area contributed by atoms with E-state index in [0.717, 1.165) is 0 Å². The molecule has 0 bridgehead atoms. The fourth-order valence-electron chi connectivity index (χ4n) is 1.68. The van der Waals surface area contributed by atoms with Gasteiger partial charge in [-0.05, 0) is 12.1 Å². The van der Waals surface area contributed by atoms with Gasteiger partial charge in [0, 0.05) is 24.7 Å². The van der Waals surface area contributed by atoms with Gasteiger partial charge in [-0.1, -0.05) is 0 Å². The fraction of sp³-hybridized carbons (Fsp3) is 0.364. The van der Waals surface area contributed by atoms with Crippen LogP contribution in [0.5, 0.6) is 0 Å². The Balaban J connectivity index is 3.28. The first-order valence-corrected chi connectivity index (χ1v) is 5.56. The first-order chi connectivity index (χ1) is 9.01. The van der Waals surface area contributed by atoms with Crippen LogP contribution in [0.3, 0.4) is 0 Å². The summed E-state index contributed by atoms with van der Waals surface area (Å²) in [6.45, 7) is -0.275. The number of primary amides is 1. The van der Waals surface area contributed by atoms with Crippen LogP contribution in [-0.2, 0) is 0 Å². The summed E-state index contributed by atoms with van der Waals surface area (Å²) < 4.78 is 0. The molecule has 1 aromatic rings. The van der Waals surface area contributed by atoms with Crippen molar-refractivity contribution in [2.75, 3.05) is 31.2 Å². The molecule has 0 aliphatic heterocycles. The molecule has 0 fully saturated rings. The van der Waals surface area contributed by atoms with Crippen LogP contribution in [0.1, 0.15) is 10.4 Å². The number of carbonyl (C=O) groups is 1. The van der Waals surface area contributed by atoms with Crippen molar-refractivity contribution in [3.8, 4) is 0 Å². The molecule has 104 valence electrons. The van der Waals surface area contributed by atoms with Gasteiger partial charge in [-0.15, -0.1) is 0 Å². The summed E-state index contributed by atoms with van der Waals surface area (Å²) in [5.74, 6) is -0.705. The second-order valence-electron chi connectivity index (χ2n) is 3.76. The number of nitro benzene ring substituents is 1. The Kier molecular flexibility index (Phi) is 5.22. The molecule has 0 saturated carbocycles. The monoisotopic (exact) mass is 269 g/mol. The number of nitrogens with zero attached hydrogens (tertiary/aromatic N) is 2. The van der Waals surface area contributed by atoms with Gasteiger partial charge in [0.25, 0.3) is 5.69 Å². The molecule has 0 saturated heterocycles. The van der Waals surface area contributed by atoms with Crippen molar-refractivity contribution >= 4 is 17.3 Å². The Morgan fingerprint density at radius 2 is 1.89 bits per heavy atom. The molecule has 8 nitrogen and oxygen atoms in total. The average molecular weight is 269 g/mol. The number of carbonyl (C=O) groups excluding carboxylic acids is 1. The lowest BCUT2D eigenvalue weighted by atomic mass is 10.1. The molecular weight excluding hydrogens is 254 g/mol. The molecule has 0 aromatic heterocycles. The number of aliphatic hydroxyl groups is 2. The zero-order chi connectivity index (χ0) is 14.4. The maximum atomic E-state index is 11.1. The van der Waals surface area contributed by atoms with Crippen molar-refractivity contribution in [1.82, 2.24) is 0 Å². The number of benzene rings is 1. The molecule has 1 aromatic carbocycles. The van der Waals surface area contributed by atoms with Gasteiger partial charge in [-0.25, -0.2) is 0 Å². The van der Waals surface area contributed by atoms with Gasteiger partial charge in [0.15, 0.2) is 0 Å². The SMILES string of the molecule is NC(=O)c1ccc([N+](=O)[O-])c(N(CCO)CCO)c1. The predicted octanol–water partition coefficient (Wildman–Crippen LogP) is -0.515. The first-order valence-electron chi connectivity index (χ1n) is 5.56. The number of hydrogen-bond acceptors (Lipinski definition) is 6. The van der Waals surface area contributed by atoms with E-state index in [1.54, 1.807) is 0 Å². The van der Waals surface area contributed by atoms with Crippen LogP contribution >= 0.6 is 0 Å². The fourth-order valence-corrected chi connectivity index (χ4v) is 1.68. The minimum atomic E-state index is -0.705. The molecule has 0 aliphatic carbocycles. The number of hydrogen-bond donors (Lipinski definition) is 3. The maximum Gasteiger partial charge on any atom is 0.292 e. The van der Waals surface area contributed by atoms with E-state index in [9.17, 15) is 14.9 Å². The Hall–Kier alpha value is -2.19. The van der Waals surface area contributed by atoms with Crippen LogP contribution in [0.15, 0.2) is 18.2 Å². The normalized spacial score (nSPS) is 10.2. The minimum absolute atomic E-state index is 0.101. The van der Waals surface area contributed by atoms with Crippen molar-refractivity contribution in [2.24, 2.45) is 5.73 Å². The van der Waals surface area contributed by atoms with Crippen LogP contribution in [0.4, 0.5) is 11.4 Å². The summed E-state index contributed by atoms with van der Waals surface area (Å²) in [5.41, 5.74) is 5.18. The average Bonchev–Trinajstić information content (AvgIpc) is 2.37. The molecule has 8 heteroatoms. The highest BCUT2D eigenvalue weighted by molar-refractivity contribution is 5.94. The molecule has 0 heterocycles. The first kappa shape index (κ1) is 14.9. The Morgan fingerprint density at radius 1 is 1.32 bits per heavy atom. The van der Waals surface area contributed by atoms with Crippen LogP contribution in [0.25, 0.3) is 0 Å². The highest BCUT2D eigenvalue weighted by Crippen LogP contribution is 2.29. The summed E-state index contributed by atoms with van der Waals surface area (Å²) >= 11 is 0. The molecule has 1 amide bonds. The van der Waals surface area contributed by atoms with Crippen molar-refractivity contribution in [3.05, 3.63) is 33.9 Å². The van der Waals surface area contributed by atoms with E-state index in [-0.39, 0.29) is 43.2 Å². The van der Waals surface area contributed by atoms with Crippen LogP contribution in [0.2, 0.25) is 0 Å². The van der Waals surface area contributed by atoms with Crippen LogP contribution in [-0.4, -0.2) is 47.3 Å². The third-order valence-electron chi connectivity index (χ3n) is 2.54. The Bertz CT molecular complexity index is 471. The summed E-state index contributed by atoms with van der Waals surface area (Å²) in [6.07, 6.45) is 0. The van der Waals surface area contributed by atoms with Gasteiger partial charge in [-0.3, -0.25) is 14.9 Å². The van der Waals surface area contributed by atoms with E-state index in [4.69, 9.17) is 15.9 Å². The number of nitrogens with two attached hydrogens (primary N) is 1. The van der Waals surface area contributed by atoms with E-state index >= 15 is 0 Å². The number of aliphatic hydroxyl groups excluding tert-OH is 2. The molecule has 0 aliphatic rings. The third kappa shape index (κ3) is 3.63. The molecule has 1 rings (SSSR count). The third-order valence-corrected chi connectivity index (χ3v) is 2.54. The van der Waals surface area contributed by atoms with E-state index in [1.165, 1.54) is 23.1 Å². The highest BCUT2D eigenvalue weighted by Gasteiger charge is 2.20. The number of anilines is 1. The zero-order valence-electron chi connectivity index (χ0n) is 10.2. The van der Waals surface area contributed by atoms with E-state index in [0.29, 0.717) is 0 Å². The van der Waals surface area contributed by atoms with Crippen LogP contribution < -0.4 is 10.6 Å². The van der Waals surface area contributed by atoms with E-state index in [2.05, 4.69) is 0 Å². The standard InChI is InChI=1S/C11H15N3O5/c12-11(17)8-1-2-9(14(18)19)10(7-8)13(3-5-15)4-6-16/h1-2,7,15-16H,3-6H2,(H2,12,17). The quantitative estimate of drug-likeness (QED) is 0.451. The van der Waals surface area contributed by atoms with Gasteiger partial charge in [0.2, 0.25) is 5.91 Å². The minimum Gasteiger partial charge on any atom is -0.395 e. The zero-order valence-corrected chi connectivity index (χ0v) is 10.2. The second kappa shape index (κ2) is 6.66. The largest absolute Gasteiger partial charge is 0.395 e. The van der Waals surface area contributed by atoms with Crippen LogP contribution in [0, 0.1) is 10.1 Å². The molecule has 0 radical (unpaired) electrons. The predicted molar refractivity (Wildman–Crippen MR) is 68.0 cm³/mol. The van der Waals surface area contributed by atoms with Gasteiger partial charge >= 0.3 is 0 Å². The van der Waals surface area contributed by atoms with E-state index in [1.807, 2.05) is 0 Å². The number of rotatable bonds is 7. The summed E-state index contributed by atoms with van der Waals surface area (Å²) in [5, 5.41) is 28.8.